The van der Waals surface area contributed by atoms with Crippen LogP contribution >= 0.6 is 0 Å². The van der Waals surface area contributed by atoms with E-state index in [1.165, 1.54) is 37.4 Å². The maximum atomic E-state index is 12.5. The van der Waals surface area contributed by atoms with Gasteiger partial charge < -0.3 is 15.6 Å². The molecule has 3 rings (SSSR count). The molecule has 4 N–H and O–H groups in total. The Hall–Kier alpha value is -3.62. The van der Waals surface area contributed by atoms with Crippen LogP contribution < -0.4 is 16.3 Å². The van der Waals surface area contributed by atoms with Gasteiger partial charge in [0.05, 0.1) is 12.7 Å². The molecule has 1 aliphatic rings. The van der Waals surface area contributed by atoms with E-state index in [0.717, 1.165) is 0 Å². The van der Waals surface area contributed by atoms with Crippen LogP contribution in [0.1, 0.15) is 11.1 Å². The zero-order chi connectivity index (χ0) is 18.1. The second kappa shape index (κ2) is 6.11. The predicted molar refractivity (Wildman–Crippen MR) is 92.3 cm³/mol. The van der Waals surface area contributed by atoms with Crippen molar-refractivity contribution in [1.82, 2.24) is 9.97 Å². The van der Waals surface area contributed by atoms with Gasteiger partial charge in [-0.3, -0.25) is 9.78 Å². The highest BCUT2D eigenvalue weighted by atomic mass is 16.5. The first-order valence-electron chi connectivity index (χ1n) is 7.22. The number of rotatable bonds is 2. The first-order chi connectivity index (χ1) is 11.9. The highest BCUT2D eigenvalue weighted by molar-refractivity contribution is 6.43. The first kappa shape index (κ1) is 16.2. The third kappa shape index (κ3) is 2.94. The topological polar surface area (TPSA) is 134 Å². The van der Waals surface area contributed by atoms with E-state index in [2.05, 4.69) is 15.1 Å². The van der Waals surface area contributed by atoms with Crippen LogP contribution in [-0.4, -0.2) is 40.9 Å². The van der Waals surface area contributed by atoms with E-state index in [4.69, 9.17) is 10.5 Å². The number of nitrogens with two attached hydrogens (primary N) is 1. The Labute approximate surface area is 142 Å². The number of carbonyl (C=O) groups is 1. The number of aromatic hydroxyl groups is 1. The smallest absolute Gasteiger partial charge is 0.358 e. The number of aromatic nitrogens is 2. The maximum absolute atomic E-state index is 12.5. The van der Waals surface area contributed by atoms with Gasteiger partial charge in [-0.2, -0.15) is 10.1 Å². The SMILES string of the molecule is COC(=O)C1=NN(C)c2nc(N)[nH]c(=O)c2C(c2cccc(O)c2)=C1. The molecule has 0 spiro atoms. The van der Waals surface area contributed by atoms with Crippen LogP contribution in [0.15, 0.2) is 40.2 Å². The predicted octanol–water partition coefficient (Wildman–Crippen LogP) is 0.468. The molecule has 128 valence electrons. The van der Waals surface area contributed by atoms with Crippen LogP contribution in [-0.2, 0) is 9.53 Å². The van der Waals surface area contributed by atoms with Gasteiger partial charge in [0.25, 0.3) is 5.56 Å². The van der Waals surface area contributed by atoms with Crippen LogP contribution in [0, 0.1) is 0 Å². The lowest BCUT2D eigenvalue weighted by Gasteiger charge is -2.15. The van der Waals surface area contributed by atoms with Gasteiger partial charge in [0.2, 0.25) is 5.95 Å². The Morgan fingerprint density at radius 2 is 2.16 bits per heavy atom. The minimum atomic E-state index is -0.679. The monoisotopic (exact) mass is 341 g/mol. The number of nitrogen functional groups attached to an aromatic ring is 1. The number of phenols is 1. The van der Waals surface area contributed by atoms with E-state index in [0.29, 0.717) is 11.1 Å². The number of esters is 1. The normalized spacial score (nSPS) is 13.4. The first-order valence-corrected chi connectivity index (χ1v) is 7.22. The minimum absolute atomic E-state index is 0.00828. The van der Waals surface area contributed by atoms with Gasteiger partial charge in [-0.15, -0.1) is 0 Å². The Kier molecular flexibility index (Phi) is 3.97. The number of ether oxygens (including phenoxy) is 1. The summed E-state index contributed by atoms with van der Waals surface area (Å²) < 4.78 is 4.73. The number of aromatic amines is 1. The number of hydrogen-bond donors (Lipinski definition) is 3. The lowest BCUT2D eigenvalue weighted by Crippen LogP contribution is -2.23. The largest absolute Gasteiger partial charge is 0.508 e. The molecule has 0 fully saturated rings. The Morgan fingerprint density at radius 3 is 2.84 bits per heavy atom. The van der Waals surface area contributed by atoms with Crippen molar-refractivity contribution in [2.75, 3.05) is 24.9 Å². The molecular formula is C16H15N5O4. The lowest BCUT2D eigenvalue weighted by atomic mass is 9.97. The summed E-state index contributed by atoms with van der Waals surface area (Å²) in [6.45, 7) is 0. The van der Waals surface area contributed by atoms with Gasteiger partial charge in [0.15, 0.2) is 11.5 Å². The standard InChI is InChI=1S/C16H15N5O4/c1-21-13-12(14(23)19-16(17)18-13)10(7-11(20-21)15(24)25-2)8-4-3-5-9(22)6-8/h3-7,22H,1-2H3,(H3,17,18,19,23). The molecule has 1 aromatic carbocycles. The van der Waals surface area contributed by atoms with Crippen molar-refractivity contribution in [3.05, 3.63) is 51.8 Å². The van der Waals surface area contributed by atoms with Crippen molar-refractivity contribution >= 4 is 29.0 Å². The van der Waals surface area contributed by atoms with Gasteiger partial charge in [0, 0.05) is 12.6 Å². The molecule has 0 amide bonds. The number of fused-ring (bicyclic) bond motifs is 1. The van der Waals surface area contributed by atoms with Crippen LogP contribution in [0.4, 0.5) is 11.8 Å². The van der Waals surface area contributed by atoms with Crippen molar-refractivity contribution in [3.8, 4) is 5.75 Å². The molecular weight excluding hydrogens is 326 g/mol. The molecule has 2 aromatic rings. The molecule has 1 aromatic heterocycles. The number of carbonyl (C=O) groups excluding carboxylic acids is 1. The Balaban J connectivity index is 2.35. The van der Waals surface area contributed by atoms with E-state index >= 15 is 0 Å². The number of hydrogen-bond acceptors (Lipinski definition) is 8. The van der Waals surface area contributed by atoms with Crippen molar-refractivity contribution in [2.45, 2.75) is 0 Å². The van der Waals surface area contributed by atoms with Crippen molar-refractivity contribution < 1.29 is 14.6 Å². The molecule has 0 unspecified atom stereocenters. The molecule has 0 atom stereocenters. The second-order valence-electron chi connectivity index (χ2n) is 5.26. The highest BCUT2D eigenvalue weighted by Crippen LogP contribution is 2.31. The number of hydrazone groups is 1. The van der Waals surface area contributed by atoms with Gasteiger partial charge >= 0.3 is 5.97 Å². The van der Waals surface area contributed by atoms with Gasteiger partial charge in [-0.25, -0.2) is 9.80 Å². The van der Waals surface area contributed by atoms with E-state index in [-0.39, 0.29) is 28.8 Å². The van der Waals surface area contributed by atoms with Crippen molar-refractivity contribution in [1.29, 1.82) is 0 Å². The second-order valence-corrected chi connectivity index (χ2v) is 5.26. The molecule has 2 heterocycles. The highest BCUT2D eigenvalue weighted by Gasteiger charge is 2.25. The summed E-state index contributed by atoms with van der Waals surface area (Å²) in [6, 6.07) is 6.26. The number of anilines is 2. The molecule has 0 aliphatic carbocycles. The molecule has 9 heteroatoms. The molecule has 9 nitrogen and oxygen atoms in total. The van der Waals surface area contributed by atoms with Crippen LogP contribution in [0.25, 0.3) is 5.57 Å². The third-order valence-electron chi connectivity index (χ3n) is 3.58. The molecule has 0 saturated heterocycles. The molecule has 0 radical (unpaired) electrons. The average molecular weight is 341 g/mol. The van der Waals surface area contributed by atoms with Gasteiger partial charge in [-0.1, -0.05) is 12.1 Å². The van der Waals surface area contributed by atoms with E-state index in [1.54, 1.807) is 12.1 Å². The van der Waals surface area contributed by atoms with Crippen molar-refractivity contribution in [3.63, 3.8) is 0 Å². The van der Waals surface area contributed by atoms with Crippen molar-refractivity contribution in [2.24, 2.45) is 5.10 Å². The van der Waals surface area contributed by atoms with E-state index in [1.807, 2.05) is 0 Å². The minimum Gasteiger partial charge on any atom is -0.508 e. The summed E-state index contributed by atoms with van der Waals surface area (Å²) in [4.78, 5) is 31.1. The average Bonchev–Trinajstić information content (AvgIpc) is 2.71. The fraction of sp³-hybridized carbons (Fsp3) is 0.125. The fourth-order valence-corrected chi connectivity index (χ4v) is 2.51. The summed E-state index contributed by atoms with van der Waals surface area (Å²) in [5, 5.41) is 15.2. The summed E-state index contributed by atoms with van der Waals surface area (Å²) in [6.07, 6.45) is 1.41. The zero-order valence-electron chi connectivity index (χ0n) is 13.5. The molecule has 0 saturated carbocycles. The summed E-state index contributed by atoms with van der Waals surface area (Å²) >= 11 is 0. The number of benzene rings is 1. The maximum Gasteiger partial charge on any atom is 0.358 e. The summed E-state index contributed by atoms with van der Waals surface area (Å²) in [7, 11) is 2.76. The Bertz CT molecular complexity index is 977. The van der Waals surface area contributed by atoms with Crippen LogP contribution in [0.5, 0.6) is 5.75 Å². The molecule has 1 aliphatic heterocycles. The fourth-order valence-electron chi connectivity index (χ4n) is 2.51. The number of nitrogens with zero attached hydrogens (tertiary/aromatic N) is 3. The van der Waals surface area contributed by atoms with E-state index < -0.39 is 11.5 Å². The lowest BCUT2D eigenvalue weighted by molar-refractivity contribution is -0.132. The summed E-state index contributed by atoms with van der Waals surface area (Å²) in [5.41, 5.74) is 6.14. The van der Waals surface area contributed by atoms with Gasteiger partial charge in [0.1, 0.15) is 5.75 Å². The Morgan fingerprint density at radius 1 is 1.40 bits per heavy atom. The number of H-pyrrole nitrogens is 1. The molecule has 25 heavy (non-hydrogen) atoms. The third-order valence-corrected chi connectivity index (χ3v) is 3.58. The van der Waals surface area contributed by atoms with Gasteiger partial charge in [-0.05, 0) is 23.8 Å². The molecule has 0 bridgehead atoms. The number of phenolic OH excluding ortho intramolecular Hbond substituents is 1. The van der Waals surface area contributed by atoms with Crippen LogP contribution in [0.3, 0.4) is 0 Å². The number of methoxy groups -OCH3 is 1. The van der Waals surface area contributed by atoms with Crippen LogP contribution in [0.2, 0.25) is 0 Å². The van der Waals surface area contributed by atoms with E-state index in [9.17, 15) is 14.7 Å². The quantitative estimate of drug-likeness (QED) is 0.676. The zero-order valence-corrected chi connectivity index (χ0v) is 13.5. The summed E-state index contributed by atoms with van der Waals surface area (Å²) in [5.74, 6) is -0.576. The number of nitrogens with one attached hydrogen (secondary N) is 1.